The van der Waals surface area contributed by atoms with Gasteiger partial charge in [-0.1, -0.05) is 35.9 Å². The van der Waals surface area contributed by atoms with Crippen LogP contribution in [0.5, 0.6) is 5.75 Å². The van der Waals surface area contributed by atoms with Gasteiger partial charge in [0.05, 0.1) is 5.02 Å². The quantitative estimate of drug-likeness (QED) is 0.614. The van der Waals surface area contributed by atoms with Crippen molar-refractivity contribution in [1.82, 2.24) is 10.0 Å². The van der Waals surface area contributed by atoms with Crippen LogP contribution in [0.25, 0.3) is 0 Å². The maximum atomic E-state index is 12.2. The van der Waals surface area contributed by atoms with Crippen LogP contribution in [-0.2, 0) is 21.4 Å². The van der Waals surface area contributed by atoms with E-state index in [0.717, 1.165) is 0 Å². The third-order valence-corrected chi connectivity index (χ3v) is 5.55. The van der Waals surface area contributed by atoms with E-state index in [1.165, 1.54) is 42.5 Å². The summed E-state index contributed by atoms with van der Waals surface area (Å²) in [4.78, 5) is 11.8. The maximum Gasteiger partial charge on any atom is 0.422 e. The van der Waals surface area contributed by atoms with E-state index in [1.807, 2.05) is 0 Å². The van der Waals surface area contributed by atoms with Crippen LogP contribution in [0.4, 0.5) is 13.2 Å². The van der Waals surface area contributed by atoms with Crippen LogP contribution in [0.2, 0.25) is 5.02 Å². The number of carbonyl (C=O) groups is 1. The molecule has 0 atom stereocenters. The van der Waals surface area contributed by atoms with E-state index in [2.05, 4.69) is 14.8 Å². The maximum absolute atomic E-state index is 12.2. The van der Waals surface area contributed by atoms with Crippen LogP contribution < -0.4 is 14.8 Å². The van der Waals surface area contributed by atoms with Gasteiger partial charge in [0.15, 0.2) is 6.61 Å². The molecule has 11 heteroatoms. The smallest absolute Gasteiger partial charge is 0.422 e. The highest BCUT2D eigenvalue weighted by atomic mass is 35.5. The number of hydrogen-bond acceptors (Lipinski definition) is 4. The van der Waals surface area contributed by atoms with Crippen molar-refractivity contribution in [1.29, 1.82) is 0 Å². The second-order valence-corrected chi connectivity index (χ2v) is 8.05. The van der Waals surface area contributed by atoms with Gasteiger partial charge >= 0.3 is 6.18 Å². The molecule has 0 fully saturated rings. The van der Waals surface area contributed by atoms with Gasteiger partial charge in [-0.15, -0.1) is 0 Å². The molecule has 0 radical (unpaired) electrons. The molecule has 0 aliphatic heterocycles. The van der Waals surface area contributed by atoms with E-state index in [9.17, 15) is 26.4 Å². The van der Waals surface area contributed by atoms with Crippen molar-refractivity contribution in [3.8, 4) is 5.75 Å². The van der Waals surface area contributed by atoms with Crippen LogP contribution in [0, 0.1) is 0 Å². The van der Waals surface area contributed by atoms with Crippen molar-refractivity contribution < 1.29 is 31.1 Å². The number of ether oxygens (including phenoxy) is 1. The van der Waals surface area contributed by atoms with Crippen molar-refractivity contribution in [3.05, 3.63) is 59.1 Å². The fraction of sp³-hybridized carbons (Fsp3) is 0.278. The summed E-state index contributed by atoms with van der Waals surface area (Å²) in [5, 5.41) is 2.67. The van der Waals surface area contributed by atoms with E-state index in [-0.39, 0.29) is 35.2 Å². The summed E-state index contributed by atoms with van der Waals surface area (Å²) in [5.74, 6) is -0.337. The summed E-state index contributed by atoms with van der Waals surface area (Å²) < 4.78 is 67.5. The van der Waals surface area contributed by atoms with E-state index in [4.69, 9.17) is 11.6 Å². The lowest BCUT2D eigenvalue weighted by atomic mass is 10.2. The summed E-state index contributed by atoms with van der Waals surface area (Å²) in [6.07, 6.45) is -4.52. The molecule has 0 aliphatic rings. The fourth-order valence-corrected chi connectivity index (χ4v) is 3.75. The Balaban J connectivity index is 1.75. The Bertz CT molecular complexity index is 935. The fourth-order valence-electron chi connectivity index (χ4n) is 2.20. The summed E-state index contributed by atoms with van der Waals surface area (Å²) in [6.45, 7) is -1.37. The molecular weight excluding hydrogens is 433 g/mol. The Kier molecular flexibility index (Phi) is 7.88. The van der Waals surface area contributed by atoms with Gasteiger partial charge in [-0.3, -0.25) is 4.79 Å². The van der Waals surface area contributed by atoms with Gasteiger partial charge in [0.1, 0.15) is 10.6 Å². The van der Waals surface area contributed by atoms with E-state index >= 15 is 0 Å². The third kappa shape index (κ3) is 7.92. The number of rotatable bonds is 9. The van der Waals surface area contributed by atoms with Crippen LogP contribution in [-0.4, -0.2) is 33.7 Å². The molecule has 2 N–H and O–H groups in total. The molecule has 158 valence electrons. The number of sulfonamides is 1. The lowest BCUT2D eigenvalue weighted by molar-refractivity contribution is -0.153. The molecule has 2 rings (SSSR count). The highest BCUT2D eigenvalue weighted by Gasteiger charge is 2.28. The van der Waals surface area contributed by atoms with E-state index < -0.39 is 28.7 Å². The van der Waals surface area contributed by atoms with E-state index in [0.29, 0.717) is 5.56 Å². The van der Waals surface area contributed by atoms with Crippen molar-refractivity contribution in [2.45, 2.75) is 24.0 Å². The predicted molar refractivity (Wildman–Crippen MR) is 101 cm³/mol. The lowest BCUT2D eigenvalue weighted by Crippen LogP contribution is -2.30. The zero-order valence-corrected chi connectivity index (χ0v) is 16.6. The minimum absolute atomic E-state index is 0.0615. The van der Waals surface area contributed by atoms with Crippen LogP contribution in [0.1, 0.15) is 12.0 Å². The molecule has 0 aromatic heterocycles. The summed E-state index contributed by atoms with van der Waals surface area (Å²) in [5.41, 5.74) is 0.648. The molecule has 0 aliphatic carbocycles. The number of hydrogen-bond donors (Lipinski definition) is 2. The second-order valence-electron chi connectivity index (χ2n) is 5.90. The Hall–Kier alpha value is -2.30. The molecule has 0 saturated heterocycles. The first-order chi connectivity index (χ1) is 13.6. The molecule has 6 nitrogen and oxygen atoms in total. The van der Waals surface area contributed by atoms with Gasteiger partial charge < -0.3 is 10.1 Å². The molecule has 29 heavy (non-hydrogen) atoms. The Labute approximate surface area is 171 Å². The molecule has 0 spiro atoms. The standard InChI is InChI=1S/C18H18ClF3N2O4S/c19-15-3-1-2-4-16(15)29(26,27)24-10-9-17(25)23-11-13-5-7-14(8-6-13)28-12-18(20,21)22/h1-8,24H,9-12H2,(H,23,25). The van der Waals surface area contributed by atoms with Gasteiger partial charge in [0.2, 0.25) is 15.9 Å². The molecule has 0 unspecified atom stereocenters. The summed E-state index contributed by atoms with van der Waals surface area (Å²) in [7, 11) is -3.83. The minimum atomic E-state index is -4.42. The SMILES string of the molecule is O=C(CCNS(=O)(=O)c1ccccc1Cl)NCc1ccc(OCC(F)(F)F)cc1. The number of amides is 1. The number of alkyl halides is 3. The molecule has 0 saturated carbocycles. The van der Waals surface area contributed by atoms with E-state index in [1.54, 1.807) is 6.07 Å². The van der Waals surface area contributed by atoms with Gasteiger partial charge in [0, 0.05) is 19.5 Å². The van der Waals surface area contributed by atoms with Crippen LogP contribution in [0.15, 0.2) is 53.4 Å². The number of halogens is 4. The van der Waals surface area contributed by atoms with Crippen molar-refractivity contribution >= 4 is 27.5 Å². The second kappa shape index (κ2) is 9.95. The summed E-state index contributed by atoms with van der Waals surface area (Å²) in [6, 6.07) is 11.7. The van der Waals surface area contributed by atoms with Gasteiger partial charge in [-0.05, 0) is 29.8 Å². The van der Waals surface area contributed by atoms with Gasteiger partial charge in [-0.25, -0.2) is 13.1 Å². The third-order valence-electron chi connectivity index (χ3n) is 3.59. The number of nitrogens with one attached hydrogen (secondary N) is 2. The van der Waals surface area contributed by atoms with Crippen LogP contribution in [0.3, 0.4) is 0 Å². The van der Waals surface area contributed by atoms with Gasteiger partial charge in [-0.2, -0.15) is 13.2 Å². The molecule has 1 amide bonds. The molecule has 0 heterocycles. The normalized spacial score (nSPS) is 11.9. The zero-order valence-electron chi connectivity index (χ0n) is 15.0. The Morgan fingerprint density at radius 1 is 1.07 bits per heavy atom. The Morgan fingerprint density at radius 3 is 2.34 bits per heavy atom. The largest absolute Gasteiger partial charge is 0.484 e. The average Bonchev–Trinajstić information content (AvgIpc) is 2.65. The topological polar surface area (TPSA) is 84.5 Å². The first kappa shape index (κ1) is 23.0. The number of carbonyl (C=O) groups excluding carboxylic acids is 1. The first-order valence-electron chi connectivity index (χ1n) is 8.36. The molecular formula is C18H18ClF3N2O4S. The lowest BCUT2D eigenvalue weighted by Gasteiger charge is -2.10. The molecule has 0 bridgehead atoms. The number of benzene rings is 2. The van der Waals surface area contributed by atoms with Gasteiger partial charge in [0.25, 0.3) is 0 Å². The minimum Gasteiger partial charge on any atom is -0.484 e. The predicted octanol–water partition coefficient (Wildman–Crippen LogP) is 3.27. The van der Waals surface area contributed by atoms with Crippen LogP contribution >= 0.6 is 11.6 Å². The van der Waals surface area contributed by atoms with Crippen molar-refractivity contribution in [2.75, 3.05) is 13.2 Å². The zero-order chi connectivity index (χ0) is 21.5. The van der Waals surface area contributed by atoms with Crippen molar-refractivity contribution in [2.24, 2.45) is 0 Å². The highest BCUT2D eigenvalue weighted by molar-refractivity contribution is 7.89. The summed E-state index contributed by atoms with van der Waals surface area (Å²) >= 11 is 5.86. The average molecular weight is 451 g/mol. The molecule has 2 aromatic carbocycles. The first-order valence-corrected chi connectivity index (χ1v) is 10.2. The monoisotopic (exact) mass is 450 g/mol. The van der Waals surface area contributed by atoms with Crippen molar-refractivity contribution in [3.63, 3.8) is 0 Å². The molecule has 2 aromatic rings. The Morgan fingerprint density at radius 2 is 1.72 bits per heavy atom. The highest BCUT2D eigenvalue weighted by Crippen LogP contribution is 2.20.